The van der Waals surface area contributed by atoms with Crippen LogP contribution in [0.3, 0.4) is 0 Å². The van der Waals surface area contributed by atoms with Crippen molar-refractivity contribution in [2.45, 2.75) is 32.5 Å². The zero-order valence-corrected chi connectivity index (χ0v) is 36.5. The van der Waals surface area contributed by atoms with E-state index in [2.05, 4.69) is 54.0 Å². The van der Waals surface area contributed by atoms with Crippen LogP contribution in [0.5, 0.6) is 0 Å². The minimum atomic E-state index is -0.522. The summed E-state index contributed by atoms with van der Waals surface area (Å²) in [4.78, 5) is 33.5. The number of pyridine rings is 2. The van der Waals surface area contributed by atoms with Crippen molar-refractivity contribution < 1.29 is 39.9 Å². The zero-order chi connectivity index (χ0) is 39.3. The van der Waals surface area contributed by atoms with E-state index in [1.165, 1.54) is 0 Å². The Morgan fingerprint density at radius 2 is 1.00 bits per heavy atom. The third-order valence-electron chi connectivity index (χ3n) is 9.90. The second-order valence-electron chi connectivity index (χ2n) is 13.6. The number of aliphatic hydroxyl groups excluding tert-OH is 2. The van der Waals surface area contributed by atoms with Crippen molar-refractivity contribution in [2.24, 2.45) is 5.92 Å². The summed E-state index contributed by atoms with van der Waals surface area (Å²) in [6.07, 6.45) is 3.09. The first-order valence-corrected chi connectivity index (χ1v) is 19.7. The van der Waals surface area contributed by atoms with Crippen LogP contribution in [0.2, 0.25) is 0 Å². The number of benzene rings is 5. The molecule has 0 amide bonds. The van der Waals surface area contributed by atoms with Crippen molar-refractivity contribution in [3.8, 4) is 44.8 Å². The summed E-state index contributed by atoms with van der Waals surface area (Å²) in [5.74, 6) is 0.0224. The van der Waals surface area contributed by atoms with Crippen LogP contribution in [-0.4, -0.2) is 44.0 Å². The van der Waals surface area contributed by atoms with E-state index in [1.54, 1.807) is 26.2 Å². The molecule has 6 nitrogen and oxygen atoms in total. The van der Waals surface area contributed by atoms with Crippen LogP contribution in [-0.2, 0) is 26.5 Å². The number of hydrogen-bond donors (Lipinski definition) is 2. The summed E-state index contributed by atoms with van der Waals surface area (Å²) >= 11 is 6.89. The van der Waals surface area contributed by atoms with Gasteiger partial charge in [0, 0.05) is 58.5 Å². The van der Waals surface area contributed by atoms with Crippen LogP contribution in [0.1, 0.15) is 51.3 Å². The van der Waals surface area contributed by atoms with Gasteiger partial charge in [0.1, 0.15) is 0 Å². The fourth-order valence-electron chi connectivity index (χ4n) is 6.96. The first-order valence-electron chi connectivity index (χ1n) is 18.1. The number of aromatic nitrogens is 2. The molecule has 0 bridgehead atoms. The molecule has 0 spiro atoms. The van der Waals surface area contributed by atoms with E-state index in [0.29, 0.717) is 6.42 Å². The second kappa shape index (κ2) is 18.7. The van der Waals surface area contributed by atoms with Gasteiger partial charge in [0.2, 0.25) is 0 Å². The Hall–Kier alpha value is -4.73. The van der Waals surface area contributed by atoms with Gasteiger partial charge in [0.15, 0.2) is 11.6 Å². The van der Waals surface area contributed by atoms with Gasteiger partial charge in [0.25, 0.3) is 0 Å². The van der Waals surface area contributed by atoms with Crippen LogP contribution >= 0.6 is 31.9 Å². The Morgan fingerprint density at radius 3 is 1.42 bits per heavy atom. The summed E-state index contributed by atoms with van der Waals surface area (Å²) < 4.78 is 2.00. The van der Waals surface area contributed by atoms with E-state index >= 15 is 0 Å². The van der Waals surface area contributed by atoms with Gasteiger partial charge in [-0.15, -0.1) is 47.5 Å². The number of halogens is 2. The Balaban J connectivity index is 0.000000145. The van der Waals surface area contributed by atoms with Gasteiger partial charge in [-0.25, -0.2) is 0 Å². The first-order chi connectivity index (χ1) is 27.1. The summed E-state index contributed by atoms with van der Waals surface area (Å²) in [5, 5.41) is 19.2. The van der Waals surface area contributed by atoms with Gasteiger partial charge in [-0.2, -0.15) is 0 Å². The normalized spacial score (nSPS) is 13.2. The average Bonchev–Trinajstić information content (AvgIpc) is 3.68. The van der Waals surface area contributed by atoms with Crippen LogP contribution in [0, 0.1) is 18.1 Å². The molecule has 5 aromatic carbocycles. The maximum Gasteiger partial charge on any atom is 0.175 e. The summed E-state index contributed by atoms with van der Waals surface area (Å²) in [5.41, 5.74) is 11.4. The maximum atomic E-state index is 12.4. The van der Waals surface area contributed by atoms with Gasteiger partial charge in [-0.3, -0.25) is 9.59 Å². The van der Waals surface area contributed by atoms with Crippen LogP contribution in [0.25, 0.3) is 44.8 Å². The van der Waals surface area contributed by atoms with Crippen molar-refractivity contribution >= 4 is 43.4 Å². The van der Waals surface area contributed by atoms with Gasteiger partial charge >= 0.3 is 0 Å². The summed E-state index contributed by atoms with van der Waals surface area (Å²) in [7, 11) is 0. The minimum absolute atomic E-state index is 0. The molecule has 9 rings (SSSR count). The van der Waals surface area contributed by atoms with E-state index in [9.17, 15) is 19.8 Å². The number of fused-ring (bicyclic) bond motifs is 6. The third-order valence-corrected chi connectivity index (χ3v) is 11.2. The molecule has 0 saturated heterocycles. The summed E-state index contributed by atoms with van der Waals surface area (Å²) in [6, 6.07) is 46.8. The quantitative estimate of drug-likeness (QED) is 0.161. The maximum absolute atomic E-state index is 12.4. The SMILES string of the molecule is CC(O)C(Cc1cc(Br)ccc1Br)C(C)O.O=C1c2cc(-c3ccccn3)[c-]cc2-c2ccccc21.O=C1c2cc(-c3ccccn3)[c-]cc2-c2ccccc21.[Ir]. The monoisotopic (exact) mass is 1060 g/mol. The minimum Gasteiger partial charge on any atom is -0.393 e. The van der Waals surface area contributed by atoms with Crippen molar-refractivity contribution in [3.63, 3.8) is 0 Å². The molecule has 9 heteroatoms. The molecule has 287 valence electrons. The molecule has 2 atom stereocenters. The Bertz CT molecular complexity index is 2390. The molecular weight excluding hydrogens is 1020 g/mol. The molecule has 2 aliphatic rings. The third kappa shape index (κ3) is 9.21. The van der Waals surface area contributed by atoms with Crippen LogP contribution in [0.15, 0.2) is 149 Å². The van der Waals surface area contributed by atoms with Crippen molar-refractivity contribution in [2.75, 3.05) is 0 Å². The van der Waals surface area contributed by atoms with Gasteiger partial charge in [-0.05, 0) is 78.7 Å². The predicted molar refractivity (Wildman–Crippen MR) is 227 cm³/mol. The van der Waals surface area contributed by atoms with Gasteiger partial charge in [-0.1, -0.05) is 127 Å². The molecule has 57 heavy (non-hydrogen) atoms. The molecule has 0 fully saturated rings. The van der Waals surface area contributed by atoms with E-state index in [1.807, 2.05) is 127 Å². The van der Waals surface area contributed by atoms with Crippen molar-refractivity contribution in [1.29, 1.82) is 0 Å². The number of carbonyl (C=O) groups is 2. The fourth-order valence-corrected chi connectivity index (χ4v) is 7.78. The Kier molecular flexibility index (Phi) is 13.7. The number of carbonyl (C=O) groups excluding carboxylic acids is 2. The molecule has 2 N–H and O–H groups in total. The number of hydrogen-bond acceptors (Lipinski definition) is 6. The smallest absolute Gasteiger partial charge is 0.175 e. The van der Waals surface area contributed by atoms with E-state index in [4.69, 9.17) is 0 Å². The standard InChI is InChI=1S/2C18H10NO.C12H16Br2O2.Ir/c2*20-18-15-6-2-1-5-13(15)14-9-8-12(11-16(14)18)17-7-3-4-10-19-17;1-7(15)11(8(2)16)6-9-5-10(13)3-4-12(9)14;/h2*1-7,9-11H;3-5,7-8,11,15-16H,6H2,1-2H3;/q2*-1;;. The molecule has 1 radical (unpaired) electrons. The number of rotatable bonds is 6. The van der Waals surface area contributed by atoms with E-state index in [-0.39, 0.29) is 37.6 Å². The largest absolute Gasteiger partial charge is 0.393 e. The molecule has 2 aliphatic carbocycles. The molecule has 2 heterocycles. The van der Waals surface area contributed by atoms with Crippen molar-refractivity contribution in [1.82, 2.24) is 9.97 Å². The zero-order valence-electron chi connectivity index (χ0n) is 30.9. The molecule has 2 aromatic heterocycles. The second-order valence-corrected chi connectivity index (χ2v) is 15.4. The summed E-state index contributed by atoms with van der Waals surface area (Å²) in [6.45, 7) is 3.42. The Morgan fingerprint density at radius 1 is 0.561 bits per heavy atom. The van der Waals surface area contributed by atoms with Crippen LogP contribution < -0.4 is 0 Å². The number of aliphatic hydroxyl groups is 2. The number of nitrogens with zero attached hydrogens (tertiary/aromatic N) is 2. The van der Waals surface area contributed by atoms with E-state index in [0.717, 1.165) is 81.5 Å². The first kappa shape index (κ1) is 41.9. The molecule has 7 aromatic rings. The molecular formula is C48H36Br2IrN2O4-2. The number of ketones is 2. The Labute approximate surface area is 362 Å². The van der Waals surface area contributed by atoms with Crippen LogP contribution in [0.4, 0.5) is 0 Å². The molecule has 2 unspecified atom stereocenters. The molecule has 0 aliphatic heterocycles. The average molecular weight is 1060 g/mol. The van der Waals surface area contributed by atoms with Gasteiger partial charge < -0.3 is 20.2 Å². The predicted octanol–water partition coefficient (Wildman–Crippen LogP) is 10.6. The van der Waals surface area contributed by atoms with Crippen molar-refractivity contribution in [3.05, 3.63) is 189 Å². The fraction of sp³-hybridized carbons (Fsp3) is 0.125. The molecule has 0 saturated carbocycles. The van der Waals surface area contributed by atoms with E-state index < -0.39 is 12.2 Å². The van der Waals surface area contributed by atoms with Gasteiger partial charge in [0.05, 0.1) is 12.2 Å². The topological polar surface area (TPSA) is 100 Å².